The van der Waals surface area contributed by atoms with E-state index in [1.165, 1.54) is 0 Å². The highest BCUT2D eigenvalue weighted by molar-refractivity contribution is 7.91. The van der Waals surface area contributed by atoms with Gasteiger partial charge in [-0.2, -0.15) is 0 Å². The van der Waals surface area contributed by atoms with Gasteiger partial charge in [-0.05, 0) is 31.6 Å². The van der Waals surface area contributed by atoms with Crippen LogP contribution in [0.4, 0.5) is 0 Å². The Morgan fingerprint density at radius 2 is 2.00 bits per heavy atom. The van der Waals surface area contributed by atoms with E-state index in [2.05, 4.69) is 0 Å². The van der Waals surface area contributed by atoms with Crippen LogP contribution in [0.2, 0.25) is 0 Å². The first-order valence-corrected chi connectivity index (χ1v) is 10.0. The van der Waals surface area contributed by atoms with Gasteiger partial charge < -0.3 is 14.4 Å². The van der Waals surface area contributed by atoms with E-state index in [-0.39, 0.29) is 17.1 Å². The maximum absolute atomic E-state index is 12.0. The number of rotatable bonds is 5. The van der Waals surface area contributed by atoms with Crippen molar-refractivity contribution < 1.29 is 22.7 Å². The zero-order valence-electron chi connectivity index (χ0n) is 13.5. The van der Waals surface area contributed by atoms with E-state index in [4.69, 9.17) is 9.47 Å². The summed E-state index contributed by atoms with van der Waals surface area (Å²) in [6, 6.07) is 0. The van der Waals surface area contributed by atoms with Gasteiger partial charge in [-0.1, -0.05) is 0 Å². The summed E-state index contributed by atoms with van der Waals surface area (Å²) in [5.41, 5.74) is 0.176. The van der Waals surface area contributed by atoms with Crippen molar-refractivity contribution in [2.75, 3.05) is 51.5 Å². The lowest BCUT2D eigenvalue weighted by molar-refractivity contribution is -0.136. The zero-order chi connectivity index (χ0) is 16.2. The van der Waals surface area contributed by atoms with Crippen LogP contribution in [-0.4, -0.2) is 70.8 Å². The highest BCUT2D eigenvalue weighted by atomic mass is 32.2. The number of sulfone groups is 1. The fraction of sp³-hybridized carbons (Fsp3) is 0.933. The second-order valence-corrected chi connectivity index (χ2v) is 8.63. The molecule has 0 aromatic carbocycles. The normalized spacial score (nSPS) is 25.4. The molecule has 1 amide bonds. The Kier molecular flexibility index (Phi) is 5.85. The van der Waals surface area contributed by atoms with Gasteiger partial charge in [0.15, 0.2) is 9.84 Å². The molecule has 128 valence electrons. The van der Waals surface area contributed by atoms with E-state index in [9.17, 15) is 13.2 Å². The minimum absolute atomic E-state index is 0.176. The molecule has 0 aliphatic carbocycles. The standard InChI is InChI=1S/C15H27NO5S/c1-3-20-10-13-11-21-9-6-15(13)4-7-16(8-5-15)14(17)12-22(2,18)19/h13H,3-12H2,1-2H3. The molecule has 7 heteroatoms. The van der Waals surface area contributed by atoms with Gasteiger partial charge >= 0.3 is 0 Å². The molecule has 2 saturated heterocycles. The predicted molar refractivity (Wildman–Crippen MR) is 83.4 cm³/mol. The van der Waals surface area contributed by atoms with Crippen molar-refractivity contribution in [3.63, 3.8) is 0 Å². The van der Waals surface area contributed by atoms with Crippen molar-refractivity contribution in [1.29, 1.82) is 0 Å². The van der Waals surface area contributed by atoms with E-state index in [0.717, 1.165) is 38.7 Å². The van der Waals surface area contributed by atoms with Crippen LogP contribution in [0.15, 0.2) is 0 Å². The number of hydrogen-bond acceptors (Lipinski definition) is 5. The van der Waals surface area contributed by atoms with Crippen molar-refractivity contribution in [2.45, 2.75) is 26.2 Å². The molecule has 0 aromatic rings. The van der Waals surface area contributed by atoms with Crippen LogP contribution in [0.5, 0.6) is 0 Å². The third-order valence-electron chi connectivity index (χ3n) is 4.95. The fourth-order valence-corrected chi connectivity index (χ4v) is 4.17. The summed E-state index contributed by atoms with van der Waals surface area (Å²) in [6.07, 6.45) is 3.92. The predicted octanol–water partition coefficient (Wildman–Crippen LogP) is 0.713. The molecule has 0 aromatic heterocycles. The van der Waals surface area contributed by atoms with E-state index in [0.29, 0.717) is 32.2 Å². The smallest absolute Gasteiger partial charge is 0.237 e. The van der Waals surface area contributed by atoms with Crippen LogP contribution in [0.25, 0.3) is 0 Å². The van der Waals surface area contributed by atoms with Crippen LogP contribution in [0.3, 0.4) is 0 Å². The number of hydrogen-bond donors (Lipinski definition) is 0. The maximum Gasteiger partial charge on any atom is 0.237 e. The van der Waals surface area contributed by atoms with Gasteiger partial charge in [0.25, 0.3) is 0 Å². The molecular weight excluding hydrogens is 306 g/mol. The van der Waals surface area contributed by atoms with Crippen molar-refractivity contribution >= 4 is 15.7 Å². The lowest BCUT2D eigenvalue weighted by atomic mass is 9.66. The van der Waals surface area contributed by atoms with E-state index < -0.39 is 9.84 Å². The van der Waals surface area contributed by atoms with Gasteiger partial charge in [0.05, 0.1) is 13.2 Å². The van der Waals surface area contributed by atoms with Crippen LogP contribution in [0.1, 0.15) is 26.2 Å². The Hall–Kier alpha value is -0.660. The third-order valence-corrected chi connectivity index (χ3v) is 5.72. The van der Waals surface area contributed by atoms with Crippen molar-refractivity contribution in [1.82, 2.24) is 4.90 Å². The first kappa shape index (κ1) is 17.7. The largest absolute Gasteiger partial charge is 0.381 e. The Morgan fingerprint density at radius 3 is 2.59 bits per heavy atom. The van der Waals surface area contributed by atoms with Crippen molar-refractivity contribution in [3.05, 3.63) is 0 Å². The monoisotopic (exact) mass is 333 g/mol. The van der Waals surface area contributed by atoms with Gasteiger partial charge in [0.2, 0.25) is 5.91 Å². The fourth-order valence-electron chi connectivity index (χ4n) is 3.54. The number of carbonyl (C=O) groups excluding carboxylic acids is 1. The summed E-state index contributed by atoms with van der Waals surface area (Å²) >= 11 is 0. The number of amides is 1. The van der Waals surface area contributed by atoms with Gasteiger partial charge in [-0.25, -0.2) is 8.42 Å². The highest BCUT2D eigenvalue weighted by Crippen LogP contribution is 2.44. The topological polar surface area (TPSA) is 72.9 Å². The zero-order valence-corrected chi connectivity index (χ0v) is 14.4. The summed E-state index contributed by atoms with van der Waals surface area (Å²) in [6.45, 7) is 6.15. The van der Waals surface area contributed by atoms with Crippen LogP contribution in [0, 0.1) is 11.3 Å². The van der Waals surface area contributed by atoms with Crippen molar-refractivity contribution in [2.24, 2.45) is 11.3 Å². The second-order valence-electron chi connectivity index (χ2n) is 6.49. The molecule has 22 heavy (non-hydrogen) atoms. The SMILES string of the molecule is CCOCC1COCCC12CCN(C(=O)CS(C)(=O)=O)CC2. The number of carbonyl (C=O) groups is 1. The van der Waals surface area contributed by atoms with Crippen molar-refractivity contribution in [3.8, 4) is 0 Å². The molecule has 0 bridgehead atoms. The second kappa shape index (κ2) is 7.27. The summed E-state index contributed by atoms with van der Waals surface area (Å²) in [5, 5.41) is 0. The number of piperidine rings is 1. The molecule has 6 nitrogen and oxygen atoms in total. The highest BCUT2D eigenvalue weighted by Gasteiger charge is 2.44. The Balaban J connectivity index is 1.95. The summed E-state index contributed by atoms with van der Waals surface area (Å²) < 4.78 is 33.7. The molecule has 2 rings (SSSR count). The average molecular weight is 333 g/mol. The lowest BCUT2D eigenvalue weighted by Gasteiger charge is -2.49. The summed E-state index contributed by atoms with van der Waals surface area (Å²) in [5.74, 6) is -0.287. The number of likely N-dealkylation sites (tertiary alicyclic amines) is 1. The van der Waals surface area contributed by atoms with Gasteiger partial charge in [0.1, 0.15) is 5.75 Å². The molecule has 1 spiro atoms. The molecule has 2 aliphatic heterocycles. The number of nitrogens with zero attached hydrogens (tertiary/aromatic N) is 1. The quantitative estimate of drug-likeness (QED) is 0.741. The Morgan fingerprint density at radius 1 is 1.32 bits per heavy atom. The van der Waals surface area contributed by atoms with E-state index in [1.807, 2.05) is 6.92 Å². The first-order valence-electron chi connectivity index (χ1n) is 7.97. The lowest BCUT2D eigenvalue weighted by Crippen LogP contribution is -2.51. The molecule has 1 unspecified atom stereocenters. The average Bonchev–Trinajstić information content (AvgIpc) is 2.45. The summed E-state index contributed by atoms with van der Waals surface area (Å²) in [4.78, 5) is 13.7. The maximum atomic E-state index is 12.0. The van der Waals surface area contributed by atoms with Gasteiger partial charge in [0, 0.05) is 38.5 Å². The third kappa shape index (κ3) is 4.43. The van der Waals surface area contributed by atoms with Gasteiger partial charge in [-0.15, -0.1) is 0 Å². The Labute approximate surface area is 133 Å². The molecule has 2 heterocycles. The molecule has 1 atom stereocenters. The van der Waals surface area contributed by atoms with Crippen LogP contribution in [-0.2, 0) is 24.1 Å². The first-order chi connectivity index (χ1) is 10.4. The Bertz CT molecular complexity index is 482. The van der Waals surface area contributed by atoms with Gasteiger partial charge in [-0.3, -0.25) is 4.79 Å². The minimum Gasteiger partial charge on any atom is -0.381 e. The number of ether oxygens (including phenoxy) is 2. The van der Waals surface area contributed by atoms with Crippen LogP contribution >= 0.6 is 0 Å². The molecule has 2 aliphatic rings. The molecule has 0 saturated carbocycles. The summed E-state index contributed by atoms with van der Waals surface area (Å²) in [7, 11) is -3.26. The van der Waals surface area contributed by atoms with E-state index >= 15 is 0 Å². The van der Waals surface area contributed by atoms with Crippen LogP contribution < -0.4 is 0 Å². The molecule has 2 fully saturated rings. The van der Waals surface area contributed by atoms with E-state index in [1.54, 1.807) is 4.90 Å². The minimum atomic E-state index is -3.26. The molecular formula is C15H27NO5S. The molecule has 0 radical (unpaired) electrons. The molecule has 0 N–H and O–H groups in total.